The van der Waals surface area contributed by atoms with E-state index in [1.807, 2.05) is 91.0 Å². The van der Waals surface area contributed by atoms with E-state index in [1.54, 1.807) is 0 Å². The third kappa shape index (κ3) is 8.06. The number of carbonyl (C=O) groups is 3. The van der Waals surface area contributed by atoms with Gasteiger partial charge in [-0.2, -0.15) is 0 Å². The number of ether oxygens (including phenoxy) is 3. The molecule has 3 aliphatic rings. The Morgan fingerprint density at radius 1 is 0.651 bits per heavy atom. The summed E-state index contributed by atoms with van der Waals surface area (Å²) in [5.41, 5.74) is 2.44. The highest BCUT2D eigenvalue weighted by atomic mass is 16.6. The molecule has 0 aliphatic carbocycles. The zero-order valence-corrected chi connectivity index (χ0v) is 25.1. The maximum atomic E-state index is 12.0. The summed E-state index contributed by atoms with van der Waals surface area (Å²) >= 11 is 0. The van der Waals surface area contributed by atoms with Crippen molar-refractivity contribution in [3.05, 3.63) is 108 Å². The molecule has 0 spiro atoms. The van der Waals surface area contributed by atoms with Crippen molar-refractivity contribution < 1.29 is 28.6 Å². The molecule has 0 aromatic heterocycles. The summed E-state index contributed by atoms with van der Waals surface area (Å²) in [6, 6.07) is 30.2. The maximum absolute atomic E-state index is 12.0. The van der Waals surface area contributed by atoms with Crippen LogP contribution in [-0.2, 0) is 26.2 Å². The molecule has 3 amide bonds. The van der Waals surface area contributed by atoms with Gasteiger partial charge in [-0.3, -0.25) is 0 Å². The van der Waals surface area contributed by atoms with E-state index in [4.69, 9.17) is 9.47 Å². The molecule has 3 aromatic carbocycles. The first-order valence-electron chi connectivity index (χ1n) is 14.7. The number of cyclic esters (lactones) is 3. The zero-order chi connectivity index (χ0) is 30.8. The Bertz CT molecular complexity index is 1290. The molecule has 0 bridgehead atoms. The third-order valence-corrected chi connectivity index (χ3v) is 7.60. The minimum atomic E-state index is -0.770. The van der Waals surface area contributed by atoms with Crippen LogP contribution in [0.2, 0.25) is 0 Å². The second kappa shape index (κ2) is 14.6. The molecule has 3 atom stereocenters. The number of benzene rings is 3. The first kappa shape index (κ1) is 31.4. The molecule has 3 fully saturated rings. The van der Waals surface area contributed by atoms with Crippen molar-refractivity contribution in [2.24, 2.45) is 11.8 Å². The second-order valence-corrected chi connectivity index (χ2v) is 11.4. The van der Waals surface area contributed by atoms with Crippen LogP contribution in [0.5, 0.6) is 0 Å². The first-order chi connectivity index (χ1) is 20.7. The van der Waals surface area contributed by atoms with Gasteiger partial charge in [0, 0.05) is 11.1 Å². The van der Waals surface area contributed by atoms with Crippen LogP contribution in [0.4, 0.5) is 14.4 Å². The summed E-state index contributed by atoms with van der Waals surface area (Å²) in [4.78, 5) is 33.1. The molecule has 3 heterocycles. The van der Waals surface area contributed by atoms with E-state index in [2.05, 4.69) is 48.4 Å². The fourth-order valence-corrected chi connectivity index (χ4v) is 5.31. The highest BCUT2D eigenvalue weighted by molar-refractivity contribution is 5.73. The lowest BCUT2D eigenvalue weighted by Crippen LogP contribution is -2.45. The first-order valence-corrected chi connectivity index (χ1v) is 14.7. The molecule has 0 saturated carbocycles. The van der Waals surface area contributed by atoms with Crippen LogP contribution in [0.25, 0.3) is 0 Å². The average molecular weight is 588 g/mol. The Hall–Kier alpha value is -4.53. The van der Waals surface area contributed by atoms with Crippen LogP contribution in [0.3, 0.4) is 0 Å². The molecule has 0 radical (unpaired) electrons. The number of nitrogens with one attached hydrogen (secondary N) is 3. The van der Waals surface area contributed by atoms with Crippen LogP contribution < -0.4 is 16.0 Å². The van der Waals surface area contributed by atoms with E-state index >= 15 is 0 Å². The van der Waals surface area contributed by atoms with Crippen molar-refractivity contribution in [3.63, 3.8) is 0 Å². The van der Waals surface area contributed by atoms with E-state index in [0.717, 1.165) is 17.5 Å². The van der Waals surface area contributed by atoms with E-state index in [0.29, 0.717) is 19.1 Å². The summed E-state index contributed by atoms with van der Waals surface area (Å²) < 4.78 is 15.3. The summed E-state index contributed by atoms with van der Waals surface area (Å²) in [7, 11) is 0. The lowest BCUT2D eigenvalue weighted by atomic mass is 9.76. The molecular weight excluding hydrogens is 546 g/mol. The Morgan fingerprint density at radius 2 is 1.16 bits per heavy atom. The molecule has 9 heteroatoms. The molecule has 9 nitrogen and oxygen atoms in total. The van der Waals surface area contributed by atoms with E-state index in [-0.39, 0.29) is 42.3 Å². The summed E-state index contributed by atoms with van der Waals surface area (Å²) in [5.74, 6) is 0.716. The van der Waals surface area contributed by atoms with Crippen LogP contribution in [0, 0.1) is 11.8 Å². The minimum absolute atomic E-state index is 0.102. The largest absolute Gasteiger partial charge is 0.447 e. The van der Waals surface area contributed by atoms with Gasteiger partial charge in [0.05, 0.1) is 18.1 Å². The Labute approximate surface area is 253 Å². The van der Waals surface area contributed by atoms with Gasteiger partial charge >= 0.3 is 18.3 Å². The second-order valence-electron chi connectivity index (χ2n) is 11.4. The van der Waals surface area contributed by atoms with Crippen molar-refractivity contribution in [1.82, 2.24) is 16.0 Å². The van der Waals surface area contributed by atoms with Gasteiger partial charge in [-0.05, 0) is 23.8 Å². The normalized spacial score (nSPS) is 21.6. The molecule has 228 valence electrons. The van der Waals surface area contributed by atoms with Crippen LogP contribution in [0.1, 0.15) is 44.4 Å². The van der Waals surface area contributed by atoms with Gasteiger partial charge in [0.2, 0.25) is 0 Å². The third-order valence-electron chi connectivity index (χ3n) is 7.60. The average Bonchev–Trinajstić information content (AvgIpc) is 3.74. The molecule has 1 unspecified atom stereocenters. The molecule has 43 heavy (non-hydrogen) atoms. The molecule has 3 N–H and O–H groups in total. The highest BCUT2D eigenvalue weighted by Gasteiger charge is 2.52. The molecule has 3 aromatic rings. The zero-order valence-electron chi connectivity index (χ0n) is 25.1. The number of rotatable bonds is 6. The monoisotopic (exact) mass is 587 g/mol. The van der Waals surface area contributed by atoms with Gasteiger partial charge in [-0.25, -0.2) is 14.4 Å². The minimum Gasteiger partial charge on any atom is -0.447 e. The van der Waals surface area contributed by atoms with Gasteiger partial charge in [0.15, 0.2) is 5.60 Å². The van der Waals surface area contributed by atoms with E-state index in [9.17, 15) is 14.4 Å². The van der Waals surface area contributed by atoms with Crippen LogP contribution >= 0.6 is 0 Å². The maximum Gasteiger partial charge on any atom is 0.408 e. The predicted molar refractivity (Wildman–Crippen MR) is 163 cm³/mol. The summed E-state index contributed by atoms with van der Waals surface area (Å²) in [6.07, 6.45) is -0.108. The number of amides is 3. The molecular formula is C34H41N3O6. The quantitative estimate of drug-likeness (QED) is 0.315. The van der Waals surface area contributed by atoms with Gasteiger partial charge < -0.3 is 30.2 Å². The van der Waals surface area contributed by atoms with Gasteiger partial charge in [0.25, 0.3) is 0 Å². The standard InChI is InChI=1S/C18H19NO2.C10H11NO2.C6H11NO2/c1-13(2)16-18(21-17(20)19-16,14-9-5-3-6-10-14)15-11-7-4-8-12-15;12-10-11-9(7-13-10)6-8-4-2-1-3-5-8;1-4(2)5-3-9-6(8)7-5/h3-13,16H,1-2H3,(H,19,20);1-5,9H,6-7H2,(H,11,12);4-5H,3H2,1-2H3,(H,7,8)/t16-;;5-/m0.1/s1. The summed E-state index contributed by atoms with van der Waals surface area (Å²) in [6.45, 7) is 9.31. The van der Waals surface area contributed by atoms with E-state index in [1.165, 1.54) is 5.56 Å². The topological polar surface area (TPSA) is 115 Å². The van der Waals surface area contributed by atoms with Crippen molar-refractivity contribution in [2.75, 3.05) is 13.2 Å². The van der Waals surface area contributed by atoms with Crippen molar-refractivity contribution in [1.29, 1.82) is 0 Å². The summed E-state index contributed by atoms with van der Waals surface area (Å²) in [5, 5.41) is 8.41. The number of carbonyl (C=O) groups excluding carboxylic acids is 3. The highest BCUT2D eigenvalue weighted by Crippen LogP contribution is 2.43. The van der Waals surface area contributed by atoms with Crippen molar-refractivity contribution in [2.45, 2.75) is 57.8 Å². The molecule has 6 rings (SSSR count). The van der Waals surface area contributed by atoms with Crippen molar-refractivity contribution >= 4 is 18.3 Å². The van der Waals surface area contributed by atoms with Crippen LogP contribution in [0.15, 0.2) is 91.0 Å². The fraction of sp³-hybridized carbons (Fsp3) is 0.382. The smallest absolute Gasteiger partial charge is 0.408 e. The lowest BCUT2D eigenvalue weighted by molar-refractivity contribution is 0.0584. The SMILES string of the molecule is CC(C)[C@@H]1NC(=O)OC1(c1ccccc1)c1ccccc1.CC(C)[C@H]1COC(=O)N1.O=C1NC(Cc2ccccc2)CO1. The number of hydrogen-bond acceptors (Lipinski definition) is 6. The van der Waals surface area contributed by atoms with Crippen LogP contribution in [-0.4, -0.2) is 49.6 Å². The van der Waals surface area contributed by atoms with Gasteiger partial charge in [-0.15, -0.1) is 0 Å². The molecule has 3 aliphatic heterocycles. The Morgan fingerprint density at radius 3 is 1.58 bits per heavy atom. The lowest BCUT2D eigenvalue weighted by Gasteiger charge is -2.35. The van der Waals surface area contributed by atoms with Gasteiger partial charge in [-0.1, -0.05) is 119 Å². The Balaban J connectivity index is 0.000000163. The van der Waals surface area contributed by atoms with Crippen molar-refractivity contribution in [3.8, 4) is 0 Å². The van der Waals surface area contributed by atoms with E-state index < -0.39 is 5.60 Å². The predicted octanol–water partition coefficient (Wildman–Crippen LogP) is 5.78. The molecule has 3 saturated heterocycles. The number of hydrogen-bond donors (Lipinski definition) is 3. The fourth-order valence-electron chi connectivity index (χ4n) is 5.31. The Kier molecular flexibility index (Phi) is 10.6. The van der Waals surface area contributed by atoms with Gasteiger partial charge in [0.1, 0.15) is 13.2 Å². The number of alkyl carbamates (subject to hydrolysis) is 3.